The maximum absolute atomic E-state index is 7.84. The summed E-state index contributed by atoms with van der Waals surface area (Å²) in [5, 5.41) is 7.84. The Kier molecular flexibility index (Phi) is 2.10. The molecule has 0 heterocycles. The Balaban J connectivity index is 3.39. The van der Waals surface area contributed by atoms with E-state index in [1.165, 1.54) is 5.57 Å². The smallest absolute Gasteiger partial charge is 0.0615 e. The quantitative estimate of drug-likeness (QED) is 0.588. The minimum Gasteiger partial charge on any atom is -0.401 e. The van der Waals surface area contributed by atoms with Crippen LogP contribution in [0, 0.1) is 10.8 Å². The van der Waals surface area contributed by atoms with Crippen molar-refractivity contribution in [1.29, 1.82) is 5.41 Å². The number of hydrogen-bond donors (Lipinski definition) is 2. The van der Waals surface area contributed by atoms with Crippen LogP contribution in [0.25, 0.3) is 0 Å². The summed E-state index contributed by atoms with van der Waals surface area (Å²) in [6.45, 7) is 10.2. The second-order valence-corrected chi connectivity index (χ2v) is 4.29. The Morgan fingerprint density at radius 3 is 2.00 bits per heavy atom. The lowest BCUT2D eigenvalue weighted by Crippen LogP contribution is -2.31. The first-order chi connectivity index (χ1) is 5.80. The summed E-state index contributed by atoms with van der Waals surface area (Å²) in [7, 11) is 0. The number of nitrogens with two attached hydrogens (primary N) is 1. The fourth-order valence-electron chi connectivity index (χ4n) is 1.74. The van der Waals surface area contributed by atoms with Gasteiger partial charge in [0.15, 0.2) is 0 Å². The van der Waals surface area contributed by atoms with E-state index in [2.05, 4.69) is 20.8 Å². The summed E-state index contributed by atoms with van der Waals surface area (Å²) >= 11 is 0. The molecule has 13 heavy (non-hydrogen) atoms. The van der Waals surface area contributed by atoms with Crippen LogP contribution >= 0.6 is 0 Å². The van der Waals surface area contributed by atoms with E-state index in [-0.39, 0.29) is 5.41 Å². The molecule has 3 N–H and O–H groups in total. The minimum absolute atomic E-state index is 0.0846. The highest BCUT2D eigenvalue weighted by Crippen LogP contribution is 2.39. The van der Waals surface area contributed by atoms with Gasteiger partial charge in [-0.05, 0) is 31.9 Å². The fraction of sp³-hybridized carbons (Fsp3) is 0.545. The van der Waals surface area contributed by atoms with Gasteiger partial charge in [0.1, 0.15) is 0 Å². The van der Waals surface area contributed by atoms with Gasteiger partial charge in [-0.1, -0.05) is 19.4 Å². The number of allylic oxidation sites excluding steroid dienone is 3. The van der Waals surface area contributed by atoms with Crippen molar-refractivity contribution in [3.8, 4) is 0 Å². The van der Waals surface area contributed by atoms with E-state index in [0.717, 1.165) is 16.8 Å². The van der Waals surface area contributed by atoms with E-state index in [1.54, 1.807) is 0 Å². The predicted octanol–water partition coefficient (Wildman–Crippen LogP) is 2.62. The van der Waals surface area contributed by atoms with Gasteiger partial charge in [-0.3, -0.25) is 0 Å². The molecule has 0 aromatic rings. The molecule has 1 aliphatic carbocycles. The largest absolute Gasteiger partial charge is 0.401 e. The Labute approximate surface area is 80.0 Å². The zero-order valence-electron chi connectivity index (χ0n) is 9.08. The van der Waals surface area contributed by atoms with Crippen molar-refractivity contribution >= 4 is 5.71 Å². The molecule has 0 aromatic heterocycles. The fourth-order valence-corrected chi connectivity index (χ4v) is 1.74. The van der Waals surface area contributed by atoms with E-state index < -0.39 is 0 Å². The van der Waals surface area contributed by atoms with Gasteiger partial charge < -0.3 is 11.1 Å². The summed E-state index contributed by atoms with van der Waals surface area (Å²) in [6, 6.07) is 0. The molecule has 72 valence electrons. The summed E-state index contributed by atoms with van der Waals surface area (Å²) in [4.78, 5) is 0. The highest BCUT2D eigenvalue weighted by atomic mass is 14.7. The van der Waals surface area contributed by atoms with Gasteiger partial charge >= 0.3 is 0 Å². The highest BCUT2D eigenvalue weighted by molar-refractivity contribution is 6.11. The van der Waals surface area contributed by atoms with Crippen LogP contribution in [0.1, 0.15) is 34.6 Å². The second-order valence-electron chi connectivity index (χ2n) is 4.29. The first-order valence-corrected chi connectivity index (χ1v) is 4.54. The molecular formula is C11H18N2. The van der Waals surface area contributed by atoms with Gasteiger partial charge in [0.25, 0.3) is 0 Å². The third-order valence-corrected chi connectivity index (χ3v) is 3.33. The Morgan fingerprint density at radius 1 is 1.08 bits per heavy atom. The second kappa shape index (κ2) is 2.72. The zero-order chi connectivity index (χ0) is 10.4. The van der Waals surface area contributed by atoms with Crippen LogP contribution in [-0.2, 0) is 0 Å². The average molecular weight is 178 g/mol. The maximum atomic E-state index is 7.84. The van der Waals surface area contributed by atoms with Crippen LogP contribution in [0.4, 0.5) is 0 Å². The van der Waals surface area contributed by atoms with Crippen LogP contribution < -0.4 is 5.73 Å². The van der Waals surface area contributed by atoms with Crippen molar-refractivity contribution < 1.29 is 0 Å². The maximum Gasteiger partial charge on any atom is 0.0615 e. The minimum atomic E-state index is -0.0846. The molecule has 0 fully saturated rings. The van der Waals surface area contributed by atoms with Gasteiger partial charge in [0, 0.05) is 11.1 Å². The molecule has 0 unspecified atom stereocenters. The molecule has 0 radical (unpaired) electrons. The van der Waals surface area contributed by atoms with Gasteiger partial charge in [-0.25, -0.2) is 0 Å². The molecule has 0 saturated heterocycles. The van der Waals surface area contributed by atoms with Crippen molar-refractivity contribution in [3.63, 3.8) is 0 Å². The molecule has 0 aromatic carbocycles. The van der Waals surface area contributed by atoms with E-state index in [9.17, 15) is 0 Å². The van der Waals surface area contributed by atoms with Gasteiger partial charge in [-0.2, -0.15) is 0 Å². The normalized spacial score (nSPS) is 22.7. The van der Waals surface area contributed by atoms with E-state index in [4.69, 9.17) is 11.1 Å². The summed E-state index contributed by atoms with van der Waals surface area (Å²) in [5.41, 5.74) is 10.5. The Hall–Kier alpha value is -1.05. The van der Waals surface area contributed by atoms with Crippen LogP contribution in [0.5, 0.6) is 0 Å². The first kappa shape index (κ1) is 10.0. The van der Waals surface area contributed by atoms with Gasteiger partial charge in [-0.15, -0.1) is 0 Å². The number of nitrogens with one attached hydrogen (secondary N) is 1. The van der Waals surface area contributed by atoms with E-state index >= 15 is 0 Å². The van der Waals surface area contributed by atoms with Crippen LogP contribution in [0.15, 0.2) is 22.4 Å². The Bertz CT molecular complexity index is 300. The molecule has 0 bridgehead atoms. The summed E-state index contributed by atoms with van der Waals surface area (Å²) < 4.78 is 0. The van der Waals surface area contributed by atoms with Gasteiger partial charge in [0.05, 0.1) is 5.71 Å². The van der Waals surface area contributed by atoms with E-state index in [0.29, 0.717) is 5.71 Å². The monoisotopic (exact) mass is 178 g/mol. The molecule has 2 heteroatoms. The third-order valence-electron chi connectivity index (χ3n) is 3.33. The predicted molar refractivity (Wildman–Crippen MR) is 56.8 cm³/mol. The molecular weight excluding hydrogens is 160 g/mol. The number of rotatable bonds is 0. The molecule has 2 nitrogen and oxygen atoms in total. The van der Waals surface area contributed by atoms with Crippen LogP contribution in [0.3, 0.4) is 0 Å². The molecule has 0 atom stereocenters. The molecule has 0 aliphatic heterocycles. The van der Waals surface area contributed by atoms with Crippen molar-refractivity contribution in [1.82, 2.24) is 0 Å². The van der Waals surface area contributed by atoms with Crippen molar-refractivity contribution in [3.05, 3.63) is 22.4 Å². The third kappa shape index (κ3) is 1.21. The molecule has 1 aliphatic rings. The lowest BCUT2D eigenvalue weighted by atomic mass is 9.72. The van der Waals surface area contributed by atoms with Crippen molar-refractivity contribution in [2.24, 2.45) is 11.1 Å². The highest BCUT2D eigenvalue weighted by Gasteiger charge is 2.32. The van der Waals surface area contributed by atoms with Crippen LogP contribution in [-0.4, -0.2) is 5.71 Å². The van der Waals surface area contributed by atoms with Crippen molar-refractivity contribution in [2.75, 3.05) is 0 Å². The Morgan fingerprint density at radius 2 is 1.54 bits per heavy atom. The lowest BCUT2D eigenvalue weighted by Gasteiger charge is -2.34. The lowest BCUT2D eigenvalue weighted by molar-refractivity contribution is 0.520. The molecule has 1 rings (SSSR count). The van der Waals surface area contributed by atoms with E-state index in [1.807, 2.05) is 13.8 Å². The van der Waals surface area contributed by atoms with Crippen LogP contribution in [0.2, 0.25) is 0 Å². The molecule has 0 saturated carbocycles. The summed E-state index contributed by atoms with van der Waals surface area (Å²) in [5.74, 6) is 0. The average Bonchev–Trinajstić information content (AvgIpc) is 2.09. The van der Waals surface area contributed by atoms with Gasteiger partial charge in [0.2, 0.25) is 0 Å². The topological polar surface area (TPSA) is 49.9 Å². The number of hydrogen-bond acceptors (Lipinski definition) is 2. The standard InChI is InChI=1S/C11H18N2/c1-6-8(3)11(4,5)10(13)7(2)9(6)12/h12H,13H2,1-5H3. The summed E-state index contributed by atoms with van der Waals surface area (Å²) in [6.07, 6.45) is 0. The first-order valence-electron chi connectivity index (χ1n) is 4.54. The zero-order valence-corrected chi connectivity index (χ0v) is 9.08. The van der Waals surface area contributed by atoms with Crippen molar-refractivity contribution in [2.45, 2.75) is 34.6 Å². The molecule has 0 amide bonds. The molecule has 0 spiro atoms. The SMILES string of the molecule is CC1=C(C)C(C)(C)C(N)=C(C)C1=N.